The number of anilines is 1. The molecule has 0 aliphatic heterocycles. The van der Waals surface area contributed by atoms with E-state index in [0.29, 0.717) is 24.7 Å². The lowest BCUT2D eigenvalue weighted by atomic mass is 10.1. The number of hydrogen-bond acceptors (Lipinski definition) is 3. The number of carbonyl (C=O) groups is 1. The van der Waals surface area contributed by atoms with Crippen molar-refractivity contribution in [3.8, 4) is 5.75 Å². The maximum atomic E-state index is 12.3. The number of hydrogen-bond donors (Lipinski definition) is 2. The standard InChI is InChI=1S/C19H22N2O3/c1-23-12-13-24-17-9-5-8-16(14-17)20-18(22)21-19(10-11-19)15-6-3-2-4-7-15/h2-9,14H,10-13H2,1H3,(H2,20,21,22). The zero-order valence-electron chi connectivity index (χ0n) is 13.7. The number of ether oxygens (including phenoxy) is 2. The monoisotopic (exact) mass is 326 g/mol. The van der Waals surface area contributed by atoms with Crippen LogP contribution in [0.4, 0.5) is 10.5 Å². The van der Waals surface area contributed by atoms with Gasteiger partial charge in [0.05, 0.1) is 12.1 Å². The molecule has 1 saturated carbocycles. The van der Waals surface area contributed by atoms with Crippen molar-refractivity contribution < 1.29 is 14.3 Å². The Labute approximate surface area is 142 Å². The SMILES string of the molecule is COCCOc1cccc(NC(=O)NC2(c3ccccc3)CC2)c1. The molecule has 0 aromatic heterocycles. The summed E-state index contributed by atoms with van der Waals surface area (Å²) in [5, 5.41) is 5.97. The van der Waals surface area contributed by atoms with Gasteiger partial charge >= 0.3 is 6.03 Å². The average molecular weight is 326 g/mol. The molecule has 2 aromatic rings. The molecule has 2 amide bonds. The van der Waals surface area contributed by atoms with E-state index in [1.54, 1.807) is 13.2 Å². The summed E-state index contributed by atoms with van der Waals surface area (Å²) in [4.78, 5) is 12.3. The first-order valence-corrected chi connectivity index (χ1v) is 8.08. The van der Waals surface area contributed by atoms with Crippen LogP contribution >= 0.6 is 0 Å². The molecule has 2 N–H and O–H groups in total. The molecule has 5 nitrogen and oxygen atoms in total. The van der Waals surface area contributed by atoms with E-state index in [0.717, 1.165) is 18.4 Å². The van der Waals surface area contributed by atoms with Crippen LogP contribution in [0.5, 0.6) is 5.75 Å². The Bertz CT molecular complexity index is 684. The second-order valence-electron chi connectivity index (χ2n) is 5.90. The van der Waals surface area contributed by atoms with Crippen molar-refractivity contribution in [2.75, 3.05) is 25.6 Å². The van der Waals surface area contributed by atoms with E-state index in [9.17, 15) is 4.79 Å². The third-order valence-corrected chi connectivity index (χ3v) is 4.08. The first-order valence-electron chi connectivity index (χ1n) is 8.08. The first-order chi connectivity index (χ1) is 11.7. The van der Waals surface area contributed by atoms with Crippen molar-refractivity contribution in [2.45, 2.75) is 18.4 Å². The molecule has 5 heteroatoms. The van der Waals surface area contributed by atoms with Gasteiger partial charge < -0.3 is 20.1 Å². The number of carbonyl (C=O) groups excluding carboxylic acids is 1. The van der Waals surface area contributed by atoms with Gasteiger partial charge in [-0.05, 0) is 30.5 Å². The van der Waals surface area contributed by atoms with E-state index in [1.165, 1.54) is 0 Å². The van der Waals surface area contributed by atoms with Gasteiger partial charge in [-0.1, -0.05) is 36.4 Å². The molecule has 1 fully saturated rings. The van der Waals surface area contributed by atoms with Crippen molar-refractivity contribution >= 4 is 11.7 Å². The third-order valence-electron chi connectivity index (χ3n) is 4.08. The highest BCUT2D eigenvalue weighted by Crippen LogP contribution is 2.45. The van der Waals surface area contributed by atoms with E-state index in [1.807, 2.05) is 36.4 Å². The van der Waals surface area contributed by atoms with Crippen LogP contribution < -0.4 is 15.4 Å². The van der Waals surface area contributed by atoms with E-state index < -0.39 is 0 Å². The molecule has 0 unspecified atom stereocenters. The Morgan fingerprint density at radius 3 is 2.58 bits per heavy atom. The van der Waals surface area contributed by atoms with Gasteiger partial charge in [0.15, 0.2) is 0 Å². The fourth-order valence-electron chi connectivity index (χ4n) is 2.65. The second kappa shape index (κ2) is 7.36. The Morgan fingerprint density at radius 2 is 1.88 bits per heavy atom. The second-order valence-corrected chi connectivity index (χ2v) is 5.90. The van der Waals surface area contributed by atoms with Crippen LogP contribution in [0, 0.1) is 0 Å². The van der Waals surface area contributed by atoms with Gasteiger partial charge in [-0.25, -0.2) is 4.79 Å². The van der Waals surface area contributed by atoms with Crippen LogP contribution in [0.3, 0.4) is 0 Å². The topological polar surface area (TPSA) is 59.6 Å². The summed E-state index contributed by atoms with van der Waals surface area (Å²) in [7, 11) is 1.63. The minimum absolute atomic E-state index is 0.203. The van der Waals surface area contributed by atoms with Crippen molar-refractivity contribution in [1.82, 2.24) is 5.32 Å². The van der Waals surface area contributed by atoms with Crippen molar-refractivity contribution in [3.05, 3.63) is 60.2 Å². The van der Waals surface area contributed by atoms with Gasteiger partial charge in [-0.2, -0.15) is 0 Å². The smallest absolute Gasteiger partial charge is 0.319 e. The minimum Gasteiger partial charge on any atom is -0.491 e. The Balaban J connectivity index is 1.58. The van der Waals surface area contributed by atoms with Gasteiger partial charge in [-0.3, -0.25) is 0 Å². The molecule has 0 saturated heterocycles. The molecular formula is C19H22N2O3. The fourth-order valence-corrected chi connectivity index (χ4v) is 2.65. The van der Waals surface area contributed by atoms with Gasteiger partial charge in [0.25, 0.3) is 0 Å². The molecule has 2 aromatic carbocycles. The molecule has 1 aliphatic rings. The highest BCUT2D eigenvalue weighted by molar-refractivity contribution is 5.90. The lowest BCUT2D eigenvalue weighted by Crippen LogP contribution is -2.38. The summed E-state index contributed by atoms with van der Waals surface area (Å²) in [6.45, 7) is 1.00. The van der Waals surface area contributed by atoms with Crippen LogP contribution in [0.1, 0.15) is 18.4 Å². The third kappa shape index (κ3) is 4.06. The lowest BCUT2D eigenvalue weighted by molar-refractivity contribution is 0.146. The normalized spacial score (nSPS) is 14.7. The fraction of sp³-hybridized carbons (Fsp3) is 0.316. The largest absolute Gasteiger partial charge is 0.491 e. The van der Waals surface area contributed by atoms with E-state index in [4.69, 9.17) is 9.47 Å². The maximum absolute atomic E-state index is 12.3. The molecule has 24 heavy (non-hydrogen) atoms. The molecule has 0 radical (unpaired) electrons. The summed E-state index contributed by atoms with van der Waals surface area (Å²) in [6.07, 6.45) is 1.93. The average Bonchev–Trinajstić information content (AvgIpc) is 3.37. The minimum atomic E-state index is -0.224. The van der Waals surface area contributed by atoms with Crippen LogP contribution in [-0.4, -0.2) is 26.4 Å². The molecule has 126 valence electrons. The Morgan fingerprint density at radius 1 is 1.08 bits per heavy atom. The van der Waals surface area contributed by atoms with Crippen molar-refractivity contribution in [1.29, 1.82) is 0 Å². The number of amides is 2. The van der Waals surface area contributed by atoms with E-state index in [-0.39, 0.29) is 11.6 Å². The van der Waals surface area contributed by atoms with Crippen LogP contribution in [-0.2, 0) is 10.3 Å². The van der Waals surface area contributed by atoms with Crippen LogP contribution in [0.2, 0.25) is 0 Å². The van der Waals surface area contributed by atoms with Crippen molar-refractivity contribution in [2.24, 2.45) is 0 Å². The highest BCUT2D eigenvalue weighted by Gasteiger charge is 2.45. The summed E-state index contributed by atoms with van der Waals surface area (Å²) < 4.78 is 10.5. The summed E-state index contributed by atoms with van der Waals surface area (Å²) >= 11 is 0. The Hall–Kier alpha value is -2.53. The van der Waals surface area contributed by atoms with Crippen LogP contribution in [0.15, 0.2) is 54.6 Å². The predicted octanol–water partition coefficient (Wildman–Crippen LogP) is 3.52. The number of rotatable bonds is 7. The highest BCUT2D eigenvalue weighted by atomic mass is 16.5. The summed E-state index contributed by atoms with van der Waals surface area (Å²) in [5.41, 5.74) is 1.63. The molecule has 0 atom stereocenters. The Kier molecular flexibility index (Phi) is 5.01. The maximum Gasteiger partial charge on any atom is 0.319 e. The number of urea groups is 1. The number of nitrogens with one attached hydrogen (secondary N) is 2. The molecule has 0 spiro atoms. The first kappa shape index (κ1) is 16.3. The van der Waals surface area contributed by atoms with Gasteiger partial charge in [0.2, 0.25) is 0 Å². The molecule has 0 bridgehead atoms. The van der Waals surface area contributed by atoms with Crippen molar-refractivity contribution in [3.63, 3.8) is 0 Å². The molecule has 3 rings (SSSR count). The van der Waals surface area contributed by atoms with Gasteiger partial charge in [0, 0.05) is 18.9 Å². The molecule has 0 heterocycles. The zero-order valence-corrected chi connectivity index (χ0v) is 13.7. The van der Waals surface area contributed by atoms with Crippen LogP contribution in [0.25, 0.3) is 0 Å². The van der Waals surface area contributed by atoms with E-state index >= 15 is 0 Å². The van der Waals surface area contributed by atoms with Gasteiger partial charge in [-0.15, -0.1) is 0 Å². The lowest BCUT2D eigenvalue weighted by Gasteiger charge is -2.18. The summed E-state index contributed by atoms with van der Waals surface area (Å²) in [6, 6.07) is 17.2. The predicted molar refractivity (Wildman–Crippen MR) is 93.3 cm³/mol. The number of benzene rings is 2. The van der Waals surface area contributed by atoms with E-state index in [2.05, 4.69) is 22.8 Å². The summed E-state index contributed by atoms with van der Waals surface area (Å²) in [5.74, 6) is 0.703. The molecule has 1 aliphatic carbocycles. The molecular weight excluding hydrogens is 304 g/mol. The number of methoxy groups -OCH3 is 1. The quantitative estimate of drug-likeness (QED) is 0.765. The van der Waals surface area contributed by atoms with Gasteiger partial charge in [0.1, 0.15) is 12.4 Å². The zero-order chi connectivity index (χ0) is 16.8.